The third kappa shape index (κ3) is 2.01. The second kappa shape index (κ2) is 4.43. The lowest BCUT2D eigenvalue weighted by molar-refractivity contribution is 0.307. The van der Waals surface area contributed by atoms with Crippen LogP contribution in [0, 0.1) is 0 Å². The first-order valence-electron chi connectivity index (χ1n) is 5.59. The molecule has 0 spiro atoms. The zero-order chi connectivity index (χ0) is 10.7. The fourth-order valence-corrected chi connectivity index (χ4v) is 1.94. The van der Waals surface area contributed by atoms with Crippen LogP contribution in [-0.4, -0.2) is 19.7 Å². The van der Waals surface area contributed by atoms with Crippen LogP contribution in [0.2, 0.25) is 0 Å². The minimum atomic E-state index is 0.764. The van der Waals surface area contributed by atoms with Crippen molar-refractivity contribution in [2.24, 2.45) is 0 Å². The first kappa shape index (κ1) is 10.1. The van der Waals surface area contributed by atoms with Crippen molar-refractivity contribution < 1.29 is 4.74 Å². The van der Waals surface area contributed by atoms with Crippen molar-refractivity contribution in [2.75, 3.05) is 30.3 Å². The van der Waals surface area contributed by atoms with Crippen molar-refractivity contribution in [3.8, 4) is 5.75 Å². The van der Waals surface area contributed by atoms with Crippen LogP contribution < -0.4 is 15.4 Å². The van der Waals surface area contributed by atoms with E-state index in [0.717, 1.165) is 36.8 Å². The highest BCUT2D eigenvalue weighted by molar-refractivity contribution is 5.75. The molecule has 0 atom stereocenters. The van der Waals surface area contributed by atoms with E-state index in [9.17, 15) is 0 Å². The molecule has 0 bridgehead atoms. The lowest BCUT2D eigenvalue weighted by Crippen LogP contribution is -2.34. The quantitative estimate of drug-likeness (QED) is 0.771. The molecule has 0 radical (unpaired) electrons. The van der Waals surface area contributed by atoms with Crippen molar-refractivity contribution in [1.82, 2.24) is 0 Å². The summed E-state index contributed by atoms with van der Waals surface area (Å²) in [5, 5.41) is 0. The number of hydrogen-bond donors (Lipinski definition) is 1. The van der Waals surface area contributed by atoms with E-state index < -0.39 is 0 Å². The highest BCUT2D eigenvalue weighted by atomic mass is 16.5. The first-order valence-corrected chi connectivity index (χ1v) is 5.59. The fourth-order valence-electron chi connectivity index (χ4n) is 1.94. The maximum Gasteiger partial charge on any atom is 0.144 e. The lowest BCUT2D eigenvalue weighted by atomic mass is 10.2. The van der Waals surface area contributed by atoms with Crippen LogP contribution in [-0.2, 0) is 0 Å². The first-order chi connectivity index (χ1) is 7.33. The summed E-state index contributed by atoms with van der Waals surface area (Å²) in [6.45, 7) is 4.98. The van der Waals surface area contributed by atoms with Gasteiger partial charge in [-0.05, 0) is 18.6 Å². The Bertz CT molecular complexity index is 338. The molecule has 0 aliphatic carbocycles. The molecule has 1 aromatic rings. The van der Waals surface area contributed by atoms with Gasteiger partial charge in [-0.15, -0.1) is 0 Å². The van der Waals surface area contributed by atoms with E-state index >= 15 is 0 Å². The molecule has 3 heteroatoms. The molecule has 0 saturated heterocycles. The van der Waals surface area contributed by atoms with Gasteiger partial charge in [0.2, 0.25) is 0 Å². The van der Waals surface area contributed by atoms with Crippen LogP contribution in [0.15, 0.2) is 18.2 Å². The van der Waals surface area contributed by atoms with Gasteiger partial charge in [0.25, 0.3) is 0 Å². The van der Waals surface area contributed by atoms with Gasteiger partial charge in [0, 0.05) is 6.54 Å². The summed E-state index contributed by atoms with van der Waals surface area (Å²) in [7, 11) is 0. The Kier molecular flexibility index (Phi) is 2.99. The van der Waals surface area contributed by atoms with E-state index in [1.165, 1.54) is 12.8 Å². The van der Waals surface area contributed by atoms with E-state index in [1.54, 1.807) is 0 Å². The predicted molar refractivity (Wildman–Crippen MR) is 63.5 cm³/mol. The van der Waals surface area contributed by atoms with E-state index in [1.807, 2.05) is 18.2 Å². The summed E-state index contributed by atoms with van der Waals surface area (Å²) < 4.78 is 5.59. The zero-order valence-corrected chi connectivity index (χ0v) is 9.20. The van der Waals surface area contributed by atoms with Gasteiger partial charge in [-0.3, -0.25) is 0 Å². The van der Waals surface area contributed by atoms with Crippen LogP contribution in [0.4, 0.5) is 11.4 Å². The largest absolute Gasteiger partial charge is 0.489 e. The van der Waals surface area contributed by atoms with Crippen molar-refractivity contribution in [2.45, 2.75) is 19.8 Å². The Labute approximate surface area is 90.8 Å². The monoisotopic (exact) mass is 206 g/mol. The third-order valence-corrected chi connectivity index (χ3v) is 2.75. The molecular formula is C12H18N2O. The van der Waals surface area contributed by atoms with Crippen molar-refractivity contribution >= 4 is 11.4 Å². The van der Waals surface area contributed by atoms with Crippen molar-refractivity contribution in [3.63, 3.8) is 0 Å². The molecule has 82 valence electrons. The molecule has 3 nitrogen and oxygen atoms in total. The number of para-hydroxylation sites is 1. The van der Waals surface area contributed by atoms with Gasteiger partial charge >= 0.3 is 0 Å². The molecule has 1 aliphatic rings. The zero-order valence-electron chi connectivity index (χ0n) is 9.20. The number of nitrogen functional groups attached to an aromatic ring is 1. The molecule has 2 rings (SSSR count). The molecule has 1 aromatic carbocycles. The third-order valence-electron chi connectivity index (χ3n) is 2.75. The summed E-state index contributed by atoms with van der Waals surface area (Å²) in [6, 6.07) is 5.87. The normalized spacial score (nSPS) is 14.6. The van der Waals surface area contributed by atoms with Crippen LogP contribution >= 0.6 is 0 Å². The number of benzene rings is 1. The molecule has 0 amide bonds. The molecular weight excluding hydrogens is 188 g/mol. The second-order valence-corrected chi connectivity index (χ2v) is 3.88. The Morgan fingerprint density at radius 2 is 2.33 bits per heavy atom. The number of nitrogens with two attached hydrogens (primary N) is 1. The van der Waals surface area contributed by atoms with Gasteiger partial charge in [0.05, 0.1) is 12.2 Å². The standard InChI is InChI=1S/C12H18N2O/c1-2-3-7-14-8-9-15-11-6-4-5-10(13)12(11)14/h4-6H,2-3,7-9,13H2,1H3. The van der Waals surface area contributed by atoms with Crippen molar-refractivity contribution in [1.29, 1.82) is 0 Å². The van der Waals surface area contributed by atoms with Crippen LogP contribution in [0.3, 0.4) is 0 Å². The highest BCUT2D eigenvalue weighted by Crippen LogP contribution is 2.36. The predicted octanol–water partition coefficient (Wildman–Crippen LogP) is 2.27. The van der Waals surface area contributed by atoms with Crippen LogP contribution in [0.1, 0.15) is 19.8 Å². The van der Waals surface area contributed by atoms with E-state index in [-0.39, 0.29) is 0 Å². The Balaban J connectivity index is 2.24. The Hall–Kier alpha value is -1.38. The summed E-state index contributed by atoms with van der Waals surface area (Å²) >= 11 is 0. The van der Waals surface area contributed by atoms with Gasteiger partial charge < -0.3 is 15.4 Å². The maximum atomic E-state index is 5.98. The average molecular weight is 206 g/mol. The van der Waals surface area contributed by atoms with Gasteiger partial charge in [-0.1, -0.05) is 19.4 Å². The molecule has 1 heterocycles. The molecule has 0 fully saturated rings. The smallest absolute Gasteiger partial charge is 0.144 e. The summed E-state index contributed by atoms with van der Waals surface area (Å²) in [5.74, 6) is 0.928. The van der Waals surface area contributed by atoms with Gasteiger partial charge in [-0.2, -0.15) is 0 Å². The SMILES string of the molecule is CCCCN1CCOc2cccc(N)c21. The molecule has 0 saturated carbocycles. The lowest BCUT2D eigenvalue weighted by Gasteiger charge is -2.32. The van der Waals surface area contributed by atoms with Gasteiger partial charge in [0.1, 0.15) is 18.0 Å². The van der Waals surface area contributed by atoms with Gasteiger partial charge in [-0.25, -0.2) is 0 Å². The summed E-state index contributed by atoms with van der Waals surface area (Å²) in [4.78, 5) is 2.33. The number of ether oxygens (including phenoxy) is 1. The number of anilines is 2. The highest BCUT2D eigenvalue weighted by Gasteiger charge is 2.19. The Morgan fingerprint density at radius 3 is 3.13 bits per heavy atom. The van der Waals surface area contributed by atoms with Crippen molar-refractivity contribution in [3.05, 3.63) is 18.2 Å². The van der Waals surface area contributed by atoms with E-state index in [4.69, 9.17) is 10.5 Å². The minimum Gasteiger partial charge on any atom is -0.489 e. The maximum absolute atomic E-state index is 5.98. The number of fused-ring (bicyclic) bond motifs is 1. The summed E-state index contributed by atoms with van der Waals surface area (Å²) in [5.41, 5.74) is 7.89. The van der Waals surface area contributed by atoms with E-state index in [2.05, 4.69) is 11.8 Å². The average Bonchev–Trinajstić information content (AvgIpc) is 2.26. The van der Waals surface area contributed by atoms with E-state index in [0.29, 0.717) is 0 Å². The fraction of sp³-hybridized carbons (Fsp3) is 0.500. The van der Waals surface area contributed by atoms with Gasteiger partial charge in [0.15, 0.2) is 0 Å². The number of rotatable bonds is 3. The molecule has 2 N–H and O–H groups in total. The van der Waals surface area contributed by atoms with Crippen LogP contribution in [0.25, 0.3) is 0 Å². The number of unbranched alkanes of at least 4 members (excludes halogenated alkanes) is 1. The summed E-state index contributed by atoms with van der Waals surface area (Å²) in [6.07, 6.45) is 2.41. The molecule has 0 unspecified atom stereocenters. The topological polar surface area (TPSA) is 38.5 Å². The number of nitrogens with zero attached hydrogens (tertiary/aromatic N) is 1. The molecule has 15 heavy (non-hydrogen) atoms. The van der Waals surface area contributed by atoms with Crippen LogP contribution in [0.5, 0.6) is 5.75 Å². The second-order valence-electron chi connectivity index (χ2n) is 3.88. The number of hydrogen-bond acceptors (Lipinski definition) is 3. The minimum absolute atomic E-state index is 0.764. The molecule has 0 aromatic heterocycles. The Morgan fingerprint density at radius 1 is 1.47 bits per heavy atom. The molecule has 1 aliphatic heterocycles.